The molecule has 0 heterocycles. The van der Waals surface area contributed by atoms with E-state index in [1.807, 2.05) is 6.08 Å². The van der Waals surface area contributed by atoms with Crippen LogP contribution in [0.25, 0.3) is 0 Å². The molecule has 0 aromatic rings. The molecule has 1 amide bonds. The average Bonchev–Trinajstić information content (AvgIpc) is 2.93. The van der Waals surface area contributed by atoms with Gasteiger partial charge in [0.2, 0.25) is 5.91 Å². The van der Waals surface area contributed by atoms with Crippen LogP contribution in [0.4, 0.5) is 0 Å². The van der Waals surface area contributed by atoms with Gasteiger partial charge in [-0.1, -0.05) is 6.08 Å². The Balaban J connectivity index is 2.32. The molecule has 2 aliphatic carbocycles. The fourth-order valence-corrected chi connectivity index (χ4v) is 4.65. The summed E-state index contributed by atoms with van der Waals surface area (Å²) in [7, 11) is 4.24. The Morgan fingerprint density at radius 1 is 1.43 bits per heavy atom. The highest BCUT2D eigenvalue weighted by atomic mass is 16.2. The van der Waals surface area contributed by atoms with Crippen LogP contribution < -0.4 is 5.32 Å². The molecule has 0 saturated heterocycles. The SMILES string of the molecule is C=CCC1C[C@@H]2C[C@]2(CN(C)C)C1(C)C(=O)NC(C)(C)C. The third-order valence-electron chi connectivity index (χ3n) is 5.66. The van der Waals surface area contributed by atoms with Gasteiger partial charge >= 0.3 is 0 Å². The lowest BCUT2D eigenvalue weighted by Crippen LogP contribution is -2.54. The van der Waals surface area contributed by atoms with Crippen molar-refractivity contribution in [3.63, 3.8) is 0 Å². The Labute approximate surface area is 130 Å². The molecule has 120 valence electrons. The molecular formula is C18H32N2O. The van der Waals surface area contributed by atoms with Crippen molar-refractivity contribution in [2.45, 2.75) is 52.5 Å². The predicted octanol–water partition coefficient (Wildman–Crippen LogP) is 3.07. The fraction of sp³-hybridized carbons (Fsp3) is 0.833. The number of hydrogen-bond acceptors (Lipinski definition) is 2. The molecule has 2 fully saturated rings. The molecule has 0 spiro atoms. The zero-order valence-electron chi connectivity index (χ0n) is 14.6. The highest BCUT2D eigenvalue weighted by molar-refractivity contribution is 5.85. The van der Waals surface area contributed by atoms with E-state index in [4.69, 9.17) is 0 Å². The van der Waals surface area contributed by atoms with Gasteiger partial charge in [0.05, 0.1) is 5.41 Å². The van der Waals surface area contributed by atoms with E-state index < -0.39 is 0 Å². The van der Waals surface area contributed by atoms with Crippen LogP contribution in [0.2, 0.25) is 0 Å². The Kier molecular flexibility index (Phi) is 4.03. The molecule has 4 atom stereocenters. The van der Waals surface area contributed by atoms with E-state index in [1.54, 1.807) is 0 Å². The second-order valence-electron chi connectivity index (χ2n) is 8.66. The Bertz CT molecular complexity index is 437. The summed E-state index contributed by atoms with van der Waals surface area (Å²) < 4.78 is 0. The van der Waals surface area contributed by atoms with Gasteiger partial charge in [0.1, 0.15) is 0 Å². The molecule has 3 nitrogen and oxygen atoms in total. The van der Waals surface area contributed by atoms with Crippen LogP contribution in [0, 0.1) is 22.7 Å². The molecule has 2 rings (SSSR count). The van der Waals surface area contributed by atoms with E-state index in [1.165, 1.54) is 12.8 Å². The van der Waals surface area contributed by atoms with Crippen molar-refractivity contribution in [2.75, 3.05) is 20.6 Å². The summed E-state index contributed by atoms with van der Waals surface area (Å²) >= 11 is 0. The molecule has 2 aliphatic rings. The number of amides is 1. The standard InChI is InChI=1S/C18H32N2O/c1-8-9-13-10-14-11-18(14,12-20(6)7)17(13,5)15(21)19-16(2,3)4/h8,13-14H,1,9-12H2,2-7H3,(H,19,21)/t13?,14-,17?,18-/m1/s1. The lowest BCUT2D eigenvalue weighted by Gasteiger charge is -2.42. The molecule has 21 heavy (non-hydrogen) atoms. The van der Waals surface area contributed by atoms with Crippen molar-refractivity contribution >= 4 is 5.91 Å². The minimum Gasteiger partial charge on any atom is -0.351 e. The van der Waals surface area contributed by atoms with Gasteiger partial charge in [0.25, 0.3) is 0 Å². The normalized spacial score (nSPS) is 38.2. The van der Waals surface area contributed by atoms with Gasteiger partial charge in [-0.25, -0.2) is 0 Å². The van der Waals surface area contributed by atoms with Crippen molar-refractivity contribution in [1.29, 1.82) is 0 Å². The number of hydrogen-bond donors (Lipinski definition) is 1. The fourth-order valence-electron chi connectivity index (χ4n) is 4.65. The Morgan fingerprint density at radius 3 is 2.52 bits per heavy atom. The zero-order chi connectivity index (χ0) is 16.1. The molecule has 1 N–H and O–H groups in total. The highest BCUT2D eigenvalue weighted by Crippen LogP contribution is 2.75. The monoisotopic (exact) mass is 292 g/mol. The maximum absolute atomic E-state index is 13.1. The minimum atomic E-state index is -0.274. The smallest absolute Gasteiger partial charge is 0.227 e. The van der Waals surface area contributed by atoms with Crippen molar-refractivity contribution in [3.05, 3.63) is 12.7 Å². The van der Waals surface area contributed by atoms with Crippen molar-refractivity contribution in [2.24, 2.45) is 22.7 Å². The number of nitrogens with one attached hydrogen (secondary N) is 1. The predicted molar refractivity (Wildman–Crippen MR) is 88.0 cm³/mol. The van der Waals surface area contributed by atoms with E-state index in [2.05, 4.69) is 58.6 Å². The minimum absolute atomic E-state index is 0.166. The number of rotatable bonds is 5. The number of nitrogens with zero attached hydrogens (tertiary/aromatic N) is 1. The molecule has 2 unspecified atom stereocenters. The Morgan fingerprint density at radius 2 is 2.05 bits per heavy atom. The van der Waals surface area contributed by atoms with Crippen LogP contribution in [0.3, 0.4) is 0 Å². The summed E-state index contributed by atoms with van der Waals surface area (Å²) in [4.78, 5) is 15.4. The van der Waals surface area contributed by atoms with Gasteiger partial charge < -0.3 is 10.2 Å². The van der Waals surface area contributed by atoms with Crippen LogP contribution in [0.1, 0.15) is 47.0 Å². The van der Waals surface area contributed by atoms with Gasteiger partial charge in [-0.3, -0.25) is 4.79 Å². The molecule has 0 aromatic carbocycles. The topological polar surface area (TPSA) is 32.3 Å². The van der Waals surface area contributed by atoms with E-state index in [0.29, 0.717) is 11.8 Å². The lowest BCUT2D eigenvalue weighted by molar-refractivity contribution is -0.138. The van der Waals surface area contributed by atoms with Crippen LogP contribution in [-0.4, -0.2) is 37.0 Å². The highest BCUT2D eigenvalue weighted by Gasteiger charge is 2.74. The van der Waals surface area contributed by atoms with Gasteiger partial charge in [-0.2, -0.15) is 0 Å². The molecule has 0 aromatic heterocycles. The lowest BCUT2D eigenvalue weighted by atomic mass is 9.66. The molecule has 2 saturated carbocycles. The van der Waals surface area contributed by atoms with Crippen molar-refractivity contribution in [1.82, 2.24) is 10.2 Å². The number of fused-ring (bicyclic) bond motifs is 1. The third-order valence-corrected chi connectivity index (χ3v) is 5.66. The largest absolute Gasteiger partial charge is 0.351 e. The zero-order valence-corrected chi connectivity index (χ0v) is 14.6. The molecule has 3 heteroatoms. The molecule has 0 aliphatic heterocycles. The summed E-state index contributed by atoms with van der Waals surface area (Å²) in [6, 6.07) is 0. The van der Waals surface area contributed by atoms with E-state index in [-0.39, 0.29) is 22.3 Å². The number of allylic oxidation sites excluding steroid dienone is 1. The first-order valence-corrected chi connectivity index (χ1v) is 8.15. The van der Waals surface area contributed by atoms with Crippen LogP contribution in [0.15, 0.2) is 12.7 Å². The van der Waals surface area contributed by atoms with Gasteiger partial charge in [0.15, 0.2) is 0 Å². The van der Waals surface area contributed by atoms with Crippen molar-refractivity contribution in [3.8, 4) is 0 Å². The number of carbonyl (C=O) groups is 1. The summed E-state index contributed by atoms with van der Waals surface area (Å²) in [6.07, 6.45) is 5.31. The van der Waals surface area contributed by atoms with E-state index in [9.17, 15) is 4.79 Å². The molecule has 0 bridgehead atoms. The second-order valence-corrected chi connectivity index (χ2v) is 8.66. The summed E-state index contributed by atoms with van der Waals surface area (Å²) in [5.41, 5.74) is -0.284. The summed E-state index contributed by atoms with van der Waals surface area (Å²) in [5, 5.41) is 3.25. The van der Waals surface area contributed by atoms with Crippen LogP contribution >= 0.6 is 0 Å². The average molecular weight is 292 g/mol. The van der Waals surface area contributed by atoms with E-state index >= 15 is 0 Å². The Hall–Kier alpha value is -0.830. The van der Waals surface area contributed by atoms with Gasteiger partial charge in [-0.05, 0) is 72.9 Å². The molecule has 0 radical (unpaired) electrons. The van der Waals surface area contributed by atoms with Gasteiger partial charge in [-0.15, -0.1) is 6.58 Å². The first-order chi connectivity index (χ1) is 9.57. The first kappa shape index (κ1) is 16.5. The maximum Gasteiger partial charge on any atom is 0.227 e. The van der Waals surface area contributed by atoms with Crippen LogP contribution in [-0.2, 0) is 4.79 Å². The third kappa shape index (κ3) is 2.65. The second kappa shape index (κ2) is 5.12. The van der Waals surface area contributed by atoms with Gasteiger partial charge in [0, 0.05) is 17.5 Å². The quantitative estimate of drug-likeness (QED) is 0.790. The van der Waals surface area contributed by atoms with Crippen molar-refractivity contribution < 1.29 is 4.79 Å². The summed E-state index contributed by atoms with van der Waals surface area (Å²) in [6.45, 7) is 13.3. The maximum atomic E-state index is 13.1. The molecular weight excluding hydrogens is 260 g/mol. The van der Waals surface area contributed by atoms with E-state index in [0.717, 1.165) is 13.0 Å². The number of carbonyl (C=O) groups excluding carboxylic acids is 1. The van der Waals surface area contributed by atoms with Crippen LogP contribution in [0.5, 0.6) is 0 Å². The first-order valence-electron chi connectivity index (χ1n) is 8.15. The summed E-state index contributed by atoms with van der Waals surface area (Å²) in [5.74, 6) is 1.38.